The molecule has 1 heterocycles. The van der Waals surface area contributed by atoms with Gasteiger partial charge in [0.1, 0.15) is 6.10 Å². The van der Waals surface area contributed by atoms with Crippen molar-refractivity contribution in [2.45, 2.75) is 37.6 Å². The summed E-state index contributed by atoms with van der Waals surface area (Å²) in [6.45, 7) is 0.693. The minimum Gasteiger partial charge on any atom is -0.347 e. The Bertz CT molecular complexity index is 395. The van der Waals surface area contributed by atoms with Crippen molar-refractivity contribution in [3.63, 3.8) is 0 Å². The highest BCUT2D eigenvalue weighted by Crippen LogP contribution is 2.44. The average molecular weight is 311 g/mol. The molecule has 98 valence electrons. The first-order valence-electron chi connectivity index (χ1n) is 6.74. The summed E-state index contributed by atoms with van der Waals surface area (Å²) in [5.41, 5.74) is 1.23. The van der Waals surface area contributed by atoms with Crippen LogP contribution in [-0.2, 0) is 9.47 Å². The minimum atomic E-state index is -0.308. The number of rotatable bonds is 2. The van der Waals surface area contributed by atoms with Crippen molar-refractivity contribution in [3.8, 4) is 0 Å². The first-order chi connectivity index (χ1) is 8.81. The molecule has 0 amide bonds. The Balaban J connectivity index is 1.71. The molecule has 18 heavy (non-hydrogen) atoms. The summed E-state index contributed by atoms with van der Waals surface area (Å²) in [5.74, 6) is 0.380. The van der Waals surface area contributed by atoms with E-state index >= 15 is 0 Å². The molecule has 0 aromatic heterocycles. The predicted molar refractivity (Wildman–Crippen MR) is 74.7 cm³/mol. The standard InChI is InChI=1S/C15H19BrO2/c16-10-12-5-4-8-15(9-12)17-11-14(18-15)13-6-2-1-3-7-13/h1-3,6-7,12,14H,4-5,8-11H2. The number of halogens is 1. The van der Waals surface area contributed by atoms with Crippen LogP contribution in [0.25, 0.3) is 0 Å². The van der Waals surface area contributed by atoms with Crippen molar-refractivity contribution in [1.82, 2.24) is 0 Å². The van der Waals surface area contributed by atoms with Gasteiger partial charge in [-0.2, -0.15) is 0 Å². The van der Waals surface area contributed by atoms with E-state index in [2.05, 4.69) is 40.2 Å². The van der Waals surface area contributed by atoms with E-state index in [1.54, 1.807) is 0 Å². The number of hydrogen-bond acceptors (Lipinski definition) is 2. The number of hydrogen-bond donors (Lipinski definition) is 0. The van der Waals surface area contributed by atoms with Crippen LogP contribution in [-0.4, -0.2) is 17.7 Å². The molecule has 3 rings (SSSR count). The summed E-state index contributed by atoms with van der Waals surface area (Å²) < 4.78 is 12.3. The quantitative estimate of drug-likeness (QED) is 0.767. The summed E-state index contributed by atoms with van der Waals surface area (Å²) in [6, 6.07) is 10.4. The lowest BCUT2D eigenvalue weighted by Crippen LogP contribution is -2.37. The molecule has 1 aromatic rings. The van der Waals surface area contributed by atoms with E-state index in [0.717, 1.165) is 18.2 Å². The average Bonchev–Trinajstić information content (AvgIpc) is 2.83. The zero-order valence-electron chi connectivity index (χ0n) is 10.5. The Morgan fingerprint density at radius 2 is 2.11 bits per heavy atom. The Morgan fingerprint density at radius 3 is 2.89 bits per heavy atom. The van der Waals surface area contributed by atoms with Gasteiger partial charge in [-0.15, -0.1) is 0 Å². The lowest BCUT2D eigenvalue weighted by Gasteiger charge is -2.36. The van der Waals surface area contributed by atoms with Crippen LogP contribution in [0.1, 0.15) is 37.4 Å². The number of alkyl halides is 1. The Morgan fingerprint density at radius 1 is 1.28 bits per heavy atom. The first-order valence-corrected chi connectivity index (χ1v) is 7.86. The maximum absolute atomic E-state index is 6.26. The van der Waals surface area contributed by atoms with E-state index in [0.29, 0.717) is 12.5 Å². The molecule has 1 aliphatic carbocycles. The zero-order valence-corrected chi connectivity index (χ0v) is 12.1. The molecular formula is C15H19BrO2. The van der Waals surface area contributed by atoms with E-state index in [1.165, 1.54) is 18.4 Å². The molecule has 1 saturated heterocycles. The molecule has 1 aromatic carbocycles. The van der Waals surface area contributed by atoms with Crippen molar-refractivity contribution in [2.24, 2.45) is 5.92 Å². The van der Waals surface area contributed by atoms with E-state index in [4.69, 9.17) is 9.47 Å². The molecule has 3 atom stereocenters. The molecule has 0 N–H and O–H groups in total. The van der Waals surface area contributed by atoms with Crippen molar-refractivity contribution in [2.75, 3.05) is 11.9 Å². The van der Waals surface area contributed by atoms with Gasteiger partial charge >= 0.3 is 0 Å². The summed E-state index contributed by atoms with van der Waals surface area (Å²) >= 11 is 3.59. The summed E-state index contributed by atoms with van der Waals surface area (Å²) in [4.78, 5) is 0. The molecule has 1 spiro atoms. The van der Waals surface area contributed by atoms with Gasteiger partial charge in [-0.3, -0.25) is 0 Å². The van der Waals surface area contributed by atoms with Gasteiger partial charge in [0, 0.05) is 18.2 Å². The lowest BCUT2D eigenvalue weighted by molar-refractivity contribution is -0.195. The second-order valence-corrected chi connectivity index (χ2v) is 6.00. The van der Waals surface area contributed by atoms with E-state index < -0.39 is 0 Å². The first kappa shape index (κ1) is 12.6. The Hall–Kier alpha value is -0.380. The van der Waals surface area contributed by atoms with Crippen molar-refractivity contribution < 1.29 is 9.47 Å². The monoisotopic (exact) mass is 310 g/mol. The van der Waals surface area contributed by atoms with Crippen LogP contribution in [0, 0.1) is 5.92 Å². The van der Waals surface area contributed by atoms with Crippen molar-refractivity contribution >= 4 is 15.9 Å². The highest BCUT2D eigenvalue weighted by Gasteiger charge is 2.45. The molecule has 1 aliphatic heterocycles. The van der Waals surface area contributed by atoms with Gasteiger partial charge in [-0.25, -0.2) is 0 Å². The maximum atomic E-state index is 6.26. The van der Waals surface area contributed by atoms with Gasteiger partial charge in [-0.05, 0) is 24.3 Å². The van der Waals surface area contributed by atoms with Gasteiger partial charge in [-0.1, -0.05) is 46.3 Å². The topological polar surface area (TPSA) is 18.5 Å². The van der Waals surface area contributed by atoms with Gasteiger partial charge < -0.3 is 9.47 Å². The zero-order chi connectivity index (χ0) is 12.4. The van der Waals surface area contributed by atoms with Crippen LogP contribution in [0.5, 0.6) is 0 Å². The van der Waals surface area contributed by atoms with Crippen LogP contribution in [0.2, 0.25) is 0 Å². The van der Waals surface area contributed by atoms with Gasteiger partial charge in [0.15, 0.2) is 5.79 Å². The summed E-state index contributed by atoms with van der Waals surface area (Å²) in [7, 11) is 0. The van der Waals surface area contributed by atoms with Crippen molar-refractivity contribution in [3.05, 3.63) is 35.9 Å². The molecule has 2 aliphatic rings. The largest absolute Gasteiger partial charge is 0.347 e. The van der Waals surface area contributed by atoms with Crippen LogP contribution in [0.15, 0.2) is 30.3 Å². The fraction of sp³-hybridized carbons (Fsp3) is 0.600. The fourth-order valence-electron chi connectivity index (χ4n) is 3.06. The van der Waals surface area contributed by atoms with Crippen molar-refractivity contribution in [1.29, 1.82) is 0 Å². The molecular weight excluding hydrogens is 292 g/mol. The molecule has 2 fully saturated rings. The molecule has 1 saturated carbocycles. The van der Waals surface area contributed by atoms with Crippen LogP contribution in [0.4, 0.5) is 0 Å². The van der Waals surface area contributed by atoms with Crippen LogP contribution in [0.3, 0.4) is 0 Å². The third-order valence-corrected chi connectivity index (χ3v) is 4.93. The van der Waals surface area contributed by atoms with E-state index in [9.17, 15) is 0 Å². The molecule has 2 nitrogen and oxygen atoms in total. The third kappa shape index (κ3) is 2.49. The number of ether oxygens (including phenoxy) is 2. The Kier molecular flexibility index (Phi) is 3.73. The van der Waals surface area contributed by atoms with Crippen LogP contribution < -0.4 is 0 Å². The Labute approximate surface area is 117 Å². The summed E-state index contributed by atoms with van der Waals surface area (Å²) in [5, 5.41) is 1.05. The van der Waals surface area contributed by atoms with Crippen LogP contribution >= 0.6 is 15.9 Å². The van der Waals surface area contributed by atoms with E-state index in [-0.39, 0.29) is 11.9 Å². The van der Waals surface area contributed by atoms with Gasteiger partial charge in [0.25, 0.3) is 0 Å². The van der Waals surface area contributed by atoms with E-state index in [1.807, 2.05) is 6.07 Å². The molecule has 0 bridgehead atoms. The van der Waals surface area contributed by atoms with Gasteiger partial charge in [0.05, 0.1) is 6.61 Å². The predicted octanol–water partition coefficient (Wildman–Crippen LogP) is 4.06. The molecule has 3 unspecified atom stereocenters. The number of benzene rings is 1. The second kappa shape index (κ2) is 5.32. The normalized spacial score (nSPS) is 36.1. The minimum absolute atomic E-state index is 0.111. The fourth-order valence-corrected chi connectivity index (χ4v) is 3.61. The molecule has 0 radical (unpaired) electrons. The smallest absolute Gasteiger partial charge is 0.169 e. The van der Waals surface area contributed by atoms with Gasteiger partial charge in [0.2, 0.25) is 0 Å². The lowest BCUT2D eigenvalue weighted by atomic mass is 9.86. The second-order valence-electron chi connectivity index (χ2n) is 5.36. The highest BCUT2D eigenvalue weighted by atomic mass is 79.9. The maximum Gasteiger partial charge on any atom is 0.169 e. The highest BCUT2D eigenvalue weighted by molar-refractivity contribution is 9.09. The summed E-state index contributed by atoms with van der Waals surface area (Å²) in [6.07, 6.45) is 4.68. The SMILES string of the molecule is BrCC1CCCC2(C1)OCC(c1ccccc1)O2. The third-order valence-electron chi connectivity index (χ3n) is 4.01. The molecule has 3 heteroatoms.